The Balaban J connectivity index is 1.55. The molecule has 1 aromatic heterocycles. The van der Waals surface area contributed by atoms with Crippen LogP contribution in [0.3, 0.4) is 0 Å². The molecule has 0 aliphatic carbocycles. The highest BCUT2D eigenvalue weighted by molar-refractivity contribution is 5.89. The second-order valence-electron chi connectivity index (χ2n) is 7.84. The number of hydrogen-bond acceptors (Lipinski definition) is 5. The Hall–Kier alpha value is -2.70. The van der Waals surface area contributed by atoms with E-state index in [1.165, 1.54) is 6.92 Å². The van der Waals surface area contributed by atoms with E-state index in [1.54, 1.807) is 6.33 Å². The fourth-order valence-electron chi connectivity index (χ4n) is 4.73. The number of fused-ring (bicyclic) bond motifs is 1. The number of nitrogens with one attached hydrogen (secondary N) is 1. The van der Waals surface area contributed by atoms with Gasteiger partial charge in [-0.25, -0.2) is 9.97 Å². The highest BCUT2D eigenvalue weighted by Gasteiger charge is 2.43. The SMILES string of the molecule is CC(=O)NCC(=O)N1CCC[C@@]2(CCCN2c2ncnc3ccccc23)CC1. The molecule has 2 fully saturated rings. The van der Waals surface area contributed by atoms with E-state index in [2.05, 4.69) is 26.3 Å². The Kier molecular flexibility index (Phi) is 5.15. The molecule has 2 aliphatic rings. The molecule has 1 N–H and O–H groups in total. The predicted molar refractivity (Wildman–Crippen MR) is 108 cm³/mol. The maximum absolute atomic E-state index is 12.5. The molecule has 148 valence electrons. The van der Waals surface area contributed by atoms with Crippen molar-refractivity contribution in [2.45, 2.75) is 44.6 Å². The topological polar surface area (TPSA) is 78.4 Å². The minimum Gasteiger partial charge on any atom is -0.350 e. The van der Waals surface area contributed by atoms with Crippen molar-refractivity contribution in [2.75, 3.05) is 31.1 Å². The summed E-state index contributed by atoms with van der Waals surface area (Å²) < 4.78 is 0. The van der Waals surface area contributed by atoms with Crippen molar-refractivity contribution >= 4 is 28.5 Å². The summed E-state index contributed by atoms with van der Waals surface area (Å²) in [6.45, 7) is 3.98. The van der Waals surface area contributed by atoms with Crippen molar-refractivity contribution in [1.82, 2.24) is 20.2 Å². The van der Waals surface area contributed by atoms with Gasteiger partial charge in [0.2, 0.25) is 11.8 Å². The third-order valence-electron chi connectivity index (χ3n) is 6.13. The van der Waals surface area contributed by atoms with Crippen LogP contribution < -0.4 is 10.2 Å². The van der Waals surface area contributed by atoms with Gasteiger partial charge in [0.25, 0.3) is 0 Å². The first-order chi connectivity index (χ1) is 13.6. The number of carbonyl (C=O) groups is 2. The van der Waals surface area contributed by atoms with Crippen molar-refractivity contribution in [3.8, 4) is 0 Å². The average Bonchev–Trinajstić information content (AvgIpc) is 2.98. The summed E-state index contributed by atoms with van der Waals surface area (Å²) in [6.07, 6.45) is 6.86. The fourth-order valence-corrected chi connectivity index (χ4v) is 4.73. The second-order valence-corrected chi connectivity index (χ2v) is 7.84. The molecule has 4 rings (SSSR count). The van der Waals surface area contributed by atoms with Crippen LogP contribution in [0.1, 0.15) is 39.0 Å². The van der Waals surface area contributed by atoms with E-state index in [0.717, 1.165) is 68.5 Å². The van der Waals surface area contributed by atoms with Crippen molar-refractivity contribution in [1.29, 1.82) is 0 Å². The first-order valence-electron chi connectivity index (χ1n) is 10.1. The van der Waals surface area contributed by atoms with E-state index in [0.29, 0.717) is 0 Å². The van der Waals surface area contributed by atoms with Crippen molar-refractivity contribution in [2.24, 2.45) is 0 Å². The number of amides is 2. The minimum atomic E-state index is -0.169. The monoisotopic (exact) mass is 381 g/mol. The highest BCUT2D eigenvalue weighted by Crippen LogP contribution is 2.42. The standard InChI is InChI=1S/C21H27N5O2/c1-16(27)22-14-19(28)25-11-4-8-21(10-13-25)9-5-12-26(21)20-17-6-2-3-7-18(17)23-15-24-20/h2-3,6-7,15H,4-5,8-14H2,1H3,(H,22,27)/t21-/m1/s1. The minimum absolute atomic E-state index is 0.00397. The third kappa shape index (κ3) is 3.53. The third-order valence-corrected chi connectivity index (χ3v) is 6.13. The van der Waals surface area contributed by atoms with Crippen LogP contribution in [0, 0.1) is 0 Å². The molecule has 1 aromatic carbocycles. The van der Waals surface area contributed by atoms with Crippen LogP contribution in [-0.4, -0.2) is 58.4 Å². The fraction of sp³-hybridized carbons (Fsp3) is 0.524. The van der Waals surface area contributed by atoms with Gasteiger partial charge in [-0.05, 0) is 44.2 Å². The number of aromatic nitrogens is 2. The Morgan fingerprint density at radius 1 is 1.07 bits per heavy atom. The number of benzene rings is 1. The molecule has 2 aliphatic heterocycles. The van der Waals surface area contributed by atoms with E-state index >= 15 is 0 Å². The lowest BCUT2D eigenvalue weighted by Crippen LogP contribution is -2.46. The zero-order valence-corrected chi connectivity index (χ0v) is 16.4. The van der Waals surface area contributed by atoms with Crippen LogP contribution in [0.2, 0.25) is 0 Å². The molecule has 2 amide bonds. The normalized spacial score (nSPS) is 22.5. The summed E-state index contributed by atoms with van der Waals surface area (Å²) in [5, 5.41) is 3.71. The lowest BCUT2D eigenvalue weighted by molar-refractivity contribution is -0.132. The van der Waals surface area contributed by atoms with Crippen LogP contribution in [0.5, 0.6) is 0 Å². The number of nitrogens with zero attached hydrogens (tertiary/aromatic N) is 4. The number of likely N-dealkylation sites (tertiary alicyclic amines) is 1. The van der Waals surface area contributed by atoms with E-state index in [4.69, 9.17) is 0 Å². The summed E-state index contributed by atoms with van der Waals surface area (Å²) in [6, 6.07) is 8.16. The van der Waals surface area contributed by atoms with Crippen LogP contribution in [0.4, 0.5) is 5.82 Å². The molecule has 2 aromatic rings. The number of carbonyl (C=O) groups excluding carboxylic acids is 2. The second kappa shape index (κ2) is 7.73. The van der Waals surface area contributed by atoms with Crippen molar-refractivity contribution in [3.05, 3.63) is 30.6 Å². The van der Waals surface area contributed by atoms with Gasteiger partial charge in [0.15, 0.2) is 0 Å². The molecule has 0 unspecified atom stereocenters. The largest absolute Gasteiger partial charge is 0.350 e. The lowest BCUT2D eigenvalue weighted by atomic mass is 9.87. The molecule has 1 spiro atoms. The first-order valence-corrected chi connectivity index (χ1v) is 10.1. The Labute approximate surface area is 165 Å². The highest BCUT2D eigenvalue weighted by atomic mass is 16.2. The number of anilines is 1. The van der Waals surface area contributed by atoms with Crippen LogP contribution in [0.15, 0.2) is 30.6 Å². The zero-order valence-electron chi connectivity index (χ0n) is 16.4. The van der Waals surface area contributed by atoms with E-state index in [-0.39, 0.29) is 23.9 Å². The molecule has 28 heavy (non-hydrogen) atoms. The van der Waals surface area contributed by atoms with Crippen LogP contribution >= 0.6 is 0 Å². The molecule has 0 radical (unpaired) electrons. The number of para-hydroxylation sites is 1. The maximum Gasteiger partial charge on any atom is 0.241 e. The quantitative estimate of drug-likeness (QED) is 0.881. The molecule has 1 atom stereocenters. The summed E-state index contributed by atoms with van der Waals surface area (Å²) in [4.78, 5) is 37.0. The van der Waals surface area contributed by atoms with Gasteiger partial charge in [-0.3, -0.25) is 9.59 Å². The van der Waals surface area contributed by atoms with Gasteiger partial charge in [-0.1, -0.05) is 12.1 Å². The van der Waals surface area contributed by atoms with Gasteiger partial charge in [-0.2, -0.15) is 0 Å². The molecule has 2 saturated heterocycles. The van der Waals surface area contributed by atoms with Crippen molar-refractivity contribution < 1.29 is 9.59 Å². The van der Waals surface area contributed by atoms with Gasteiger partial charge in [0, 0.05) is 37.5 Å². The smallest absolute Gasteiger partial charge is 0.241 e. The summed E-state index contributed by atoms with van der Waals surface area (Å²) in [7, 11) is 0. The van der Waals surface area contributed by atoms with E-state index in [1.807, 2.05) is 23.1 Å². The summed E-state index contributed by atoms with van der Waals surface area (Å²) >= 11 is 0. The number of rotatable bonds is 3. The molecular formula is C21H27N5O2. The van der Waals surface area contributed by atoms with Gasteiger partial charge < -0.3 is 15.1 Å². The van der Waals surface area contributed by atoms with E-state index in [9.17, 15) is 9.59 Å². The predicted octanol–water partition coefficient (Wildman–Crippen LogP) is 2.12. The maximum atomic E-state index is 12.5. The zero-order chi connectivity index (χ0) is 19.6. The molecule has 3 heterocycles. The Morgan fingerprint density at radius 3 is 2.68 bits per heavy atom. The molecule has 0 saturated carbocycles. The van der Waals surface area contributed by atoms with E-state index < -0.39 is 0 Å². The number of hydrogen-bond donors (Lipinski definition) is 1. The average molecular weight is 381 g/mol. The van der Waals surface area contributed by atoms with Gasteiger partial charge in [-0.15, -0.1) is 0 Å². The van der Waals surface area contributed by atoms with Crippen LogP contribution in [-0.2, 0) is 9.59 Å². The van der Waals surface area contributed by atoms with Crippen molar-refractivity contribution in [3.63, 3.8) is 0 Å². The van der Waals surface area contributed by atoms with Gasteiger partial charge in [0.1, 0.15) is 12.1 Å². The van der Waals surface area contributed by atoms with Crippen LogP contribution in [0.25, 0.3) is 10.9 Å². The molecule has 7 heteroatoms. The Bertz CT molecular complexity index is 881. The molecule has 0 bridgehead atoms. The van der Waals surface area contributed by atoms with Gasteiger partial charge in [0.05, 0.1) is 12.1 Å². The Morgan fingerprint density at radius 2 is 1.86 bits per heavy atom. The summed E-state index contributed by atoms with van der Waals surface area (Å²) in [5.74, 6) is 0.850. The molecular weight excluding hydrogens is 354 g/mol. The summed E-state index contributed by atoms with van der Waals surface area (Å²) in [5.41, 5.74) is 1.01. The van der Waals surface area contributed by atoms with Gasteiger partial charge >= 0.3 is 0 Å². The lowest BCUT2D eigenvalue weighted by Gasteiger charge is -2.39. The first kappa shape index (κ1) is 18.7. The molecule has 7 nitrogen and oxygen atoms in total.